The summed E-state index contributed by atoms with van der Waals surface area (Å²) in [6.45, 7) is -0.429. The first kappa shape index (κ1) is 22.5. The smallest absolute Gasteiger partial charge is 0.328 e. The van der Waals surface area contributed by atoms with Crippen LogP contribution in [0.5, 0.6) is 0 Å². The maximum Gasteiger partial charge on any atom is 0.328 e. The molecule has 0 atom stereocenters. The molecule has 0 saturated carbocycles. The molecule has 0 unspecified atom stereocenters. The number of hydrogen-bond donors (Lipinski definition) is 3. The van der Waals surface area contributed by atoms with Gasteiger partial charge in [0.15, 0.2) is 0 Å². The Labute approximate surface area is 210 Å². The van der Waals surface area contributed by atoms with E-state index >= 15 is 0 Å². The van der Waals surface area contributed by atoms with Crippen LogP contribution in [0.25, 0.3) is 43.1 Å². The van der Waals surface area contributed by atoms with Crippen molar-refractivity contribution >= 4 is 49.0 Å². The Morgan fingerprint density at radius 3 is 2.16 bits per heavy atom. The van der Waals surface area contributed by atoms with E-state index in [1.54, 1.807) is 0 Å². The number of aromatic nitrogens is 2. The maximum atomic E-state index is 12.4. The van der Waals surface area contributed by atoms with Crippen molar-refractivity contribution < 1.29 is 9.90 Å². The molecule has 1 amide bonds. The molecule has 180 valence electrons. The van der Waals surface area contributed by atoms with Gasteiger partial charge in [0.05, 0.1) is 6.61 Å². The van der Waals surface area contributed by atoms with Gasteiger partial charge in [0, 0.05) is 18.3 Å². The lowest BCUT2D eigenvalue weighted by atomic mass is 9.88. The molecule has 1 heterocycles. The fourth-order valence-electron chi connectivity index (χ4n) is 5.01. The van der Waals surface area contributed by atoms with Crippen molar-refractivity contribution in [3.05, 3.63) is 105 Å². The van der Waals surface area contributed by atoms with Crippen molar-refractivity contribution in [3.63, 3.8) is 0 Å². The van der Waals surface area contributed by atoms with Gasteiger partial charge in [-0.2, -0.15) is 0 Å². The molecule has 5 aromatic carbocycles. The molecule has 6 rings (SSSR count). The molecular weight excluding hydrogens is 466 g/mol. The summed E-state index contributed by atoms with van der Waals surface area (Å²) in [4.78, 5) is 38.8. The molecule has 6 aromatic rings. The third-order valence-electron chi connectivity index (χ3n) is 6.62. The number of benzene rings is 5. The van der Waals surface area contributed by atoms with Crippen LogP contribution in [0.15, 0.2) is 82.5 Å². The van der Waals surface area contributed by atoms with E-state index in [2.05, 4.69) is 70.7 Å². The van der Waals surface area contributed by atoms with Gasteiger partial charge in [-0.3, -0.25) is 19.1 Å². The van der Waals surface area contributed by atoms with Gasteiger partial charge < -0.3 is 10.4 Å². The summed E-state index contributed by atoms with van der Waals surface area (Å²) in [5.74, 6) is 5.55. The number of amides is 1. The summed E-state index contributed by atoms with van der Waals surface area (Å²) in [6, 6.07) is 22.8. The van der Waals surface area contributed by atoms with E-state index in [1.807, 2.05) is 18.2 Å². The molecule has 7 nitrogen and oxygen atoms in total. The molecule has 0 radical (unpaired) electrons. The van der Waals surface area contributed by atoms with Crippen molar-refractivity contribution in [2.45, 2.75) is 6.54 Å². The van der Waals surface area contributed by atoms with Crippen LogP contribution in [0.4, 0.5) is 0 Å². The van der Waals surface area contributed by atoms with Crippen LogP contribution in [0.3, 0.4) is 0 Å². The summed E-state index contributed by atoms with van der Waals surface area (Å²) in [5, 5.41) is 20.5. The van der Waals surface area contributed by atoms with E-state index in [4.69, 9.17) is 5.11 Å². The molecule has 0 aliphatic carbocycles. The number of hydrogen-bond acceptors (Lipinski definition) is 4. The van der Waals surface area contributed by atoms with E-state index < -0.39 is 17.2 Å². The molecule has 0 fully saturated rings. The monoisotopic (exact) mass is 487 g/mol. The molecule has 37 heavy (non-hydrogen) atoms. The number of carbonyl (C=O) groups is 1. The quantitative estimate of drug-likeness (QED) is 0.202. The highest BCUT2D eigenvalue weighted by atomic mass is 16.3. The average Bonchev–Trinajstić information content (AvgIpc) is 2.91. The minimum Gasteiger partial charge on any atom is -0.395 e. The van der Waals surface area contributed by atoms with Crippen molar-refractivity contribution in [2.75, 3.05) is 13.2 Å². The van der Waals surface area contributed by atoms with Gasteiger partial charge >= 0.3 is 5.69 Å². The summed E-state index contributed by atoms with van der Waals surface area (Å²) >= 11 is 0. The van der Waals surface area contributed by atoms with Gasteiger partial charge in [0.1, 0.15) is 12.1 Å². The van der Waals surface area contributed by atoms with E-state index in [9.17, 15) is 14.4 Å². The van der Waals surface area contributed by atoms with E-state index in [0.29, 0.717) is 0 Å². The molecule has 7 heteroatoms. The van der Waals surface area contributed by atoms with Crippen molar-refractivity contribution in [1.82, 2.24) is 14.9 Å². The SMILES string of the molecule is O=C(Cn1cc(C#Cc2ccc3c4cccc5cccc(c6cccc2c63)c54)c(=O)[nH]c1=O)NCCO. The number of rotatable bonds is 4. The maximum absolute atomic E-state index is 12.4. The van der Waals surface area contributed by atoms with Crippen LogP contribution < -0.4 is 16.6 Å². The average molecular weight is 488 g/mol. The third kappa shape index (κ3) is 3.80. The van der Waals surface area contributed by atoms with Gasteiger partial charge in [0.25, 0.3) is 5.56 Å². The fourth-order valence-corrected chi connectivity index (χ4v) is 5.01. The molecule has 1 aromatic heterocycles. The number of H-pyrrole nitrogens is 1. The number of aliphatic hydroxyl groups excluding tert-OH is 1. The lowest BCUT2D eigenvalue weighted by Gasteiger charge is -2.14. The van der Waals surface area contributed by atoms with E-state index in [-0.39, 0.29) is 25.3 Å². The second kappa shape index (κ2) is 8.94. The van der Waals surface area contributed by atoms with Crippen molar-refractivity contribution in [3.8, 4) is 11.8 Å². The number of nitrogens with one attached hydrogen (secondary N) is 2. The number of aromatic amines is 1. The Morgan fingerprint density at radius 2 is 1.43 bits per heavy atom. The fraction of sp³-hybridized carbons (Fsp3) is 0.100. The minimum atomic E-state index is -0.705. The van der Waals surface area contributed by atoms with E-state index in [0.717, 1.165) is 31.7 Å². The Morgan fingerprint density at radius 1 is 0.811 bits per heavy atom. The van der Waals surface area contributed by atoms with Crippen LogP contribution in [-0.4, -0.2) is 33.7 Å². The Hall–Kier alpha value is -4.93. The number of aliphatic hydroxyl groups is 1. The zero-order valence-corrected chi connectivity index (χ0v) is 19.7. The highest BCUT2D eigenvalue weighted by molar-refractivity contribution is 6.33. The number of nitrogens with zero attached hydrogens (tertiary/aromatic N) is 1. The predicted octanol–water partition coefficient (Wildman–Crippen LogP) is 3.10. The third-order valence-corrected chi connectivity index (χ3v) is 6.62. The van der Waals surface area contributed by atoms with Crippen LogP contribution in [-0.2, 0) is 11.3 Å². The first-order valence-corrected chi connectivity index (χ1v) is 11.9. The summed E-state index contributed by atoms with van der Waals surface area (Å²) in [7, 11) is 0. The molecule has 0 aliphatic heterocycles. The van der Waals surface area contributed by atoms with Gasteiger partial charge in [-0.15, -0.1) is 0 Å². The highest BCUT2D eigenvalue weighted by Crippen LogP contribution is 2.40. The predicted molar refractivity (Wildman–Crippen MR) is 145 cm³/mol. The topological polar surface area (TPSA) is 104 Å². The molecule has 0 saturated heterocycles. The van der Waals surface area contributed by atoms with Crippen molar-refractivity contribution in [2.24, 2.45) is 0 Å². The van der Waals surface area contributed by atoms with Crippen LogP contribution in [0.1, 0.15) is 11.1 Å². The minimum absolute atomic E-state index is 0.0742. The summed E-state index contributed by atoms with van der Waals surface area (Å²) < 4.78 is 1.09. The normalized spacial score (nSPS) is 11.3. The zero-order valence-electron chi connectivity index (χ0n) is 19.7. The lowest BCUT2D eigenvalue weighted by molar-refractivity contribution is -0.121. The summed E-state index contributed by atoms with van der Waals surface area (Å²) in [5.41, 5.74) is -0.493. The standard InChI is InChI=1S/C30H21N3O4/c34-15-14-31-26(35)17-33-16-20(29(36)32-30(33)37)11-10-18-12-13-25-23-8-2-5-19-4-1-7-22(27(19)23)24-9-3-6-21(18)28(24)25/h1-9,12-13,16,34H,14-15,17H2,(H,31,35)(H,32,36,37). The number of carbonyl (C=O) groups excluding carboxylic acids is 1. The molecule has 3 N–H and O–H groups in total. The first-order valence-electron chi connectivity index (χ1n) is 11.9. The zero-order chi connectivity index (χ0) is 25.5. The van der Waals surface area contributed by atoms with Crippen LogP contribution >= 0.6 is 0 Å². The second-order valence-corrected chi connectivity index (χ2v) is 8.85. The largest absolute Gasteiger partial charge is 0.395 e. The van der Waals surface area contributed by atoms with Gasteiger partial charge in [-0.25, -0.2) is 4.79 Å². The van der Waals surface area contributed by atoms with Crippen LogP contribution in [0.2, 0.25) is 0 Å². The highest BCUT2D eigenvalue weighted by Gasteiger charge is 2.14. The molecule has 0 spiro atoms. The second-order valence-electron chi connectivity index (χ2n) is 8.85. The van der Waals surface area contributed by atoms with Gasteiger partial charge in [-0.1, -0.05) is 72.5 Å². The first-order chi connectivity index (χ1) is 18.0. The van der Waals surface area contributed by atoms with Crippen LogP contribution in [0, 0.1) is 11.8 Å². The summed E-state index contributed by atoms with van der Waals surface area (Å²) in [6.07, 6.45) is 1.29. The molecule has 0 bridgehead atoms. The number of fused-ring (bicyclic) bond motifs is 2. The lowest BCUT2D eigenvalue weighted by Crippen LogP contribution is -2.37. The Kier molecular flexibility index (Phi) is 5.44. The van der Waals surface area contributed by atoms with Gasteiger partial charge in [0.2, 0.25) is 5.91 Å². The Balaban J connectivity index is 1.50. The molecular formula is C30H21N3O4. The van der Waals surface area contributed by atoms with Crippen molar-refractivity contribution in [1.29, 1.82) is 0 Å². The molecule has 0 aliphatic rings. The van der Waals surface area contributed by atoms with E-state index in [1.165, 1.54) is 27.7 Å². The Bertz CT molecular complexity index is 1980. The van der Waals surface area contributed by atoms with Gasteiger partial charge in [-0.05, 0) is 49.2 Å².